The Morgan fingerprint density at radius 2 is 2.20 bits per heavy atom. The molecule has 7 heteroatoms. The van der Waals surface area contributed by atoms with E-state index in [4.69, 9.17) is 21.6 Å². The maximum Gasteiger partial charge on any atom is 0.430 e. The lowest BCUT2D eigenvalue weighted by Gasteiger charge is -2.24. The molecule has 1 aliphatic rings. The van der Waals surface area contributed by atoms with Crippen LogP contribution in [-0.2, 0) is 4.84 Å². The number of halogens is 1. The normalized spacial score (nSPS) is 15.9. The summed E-state index contributed by atoms with van der Waals surface area (Å²) in [6.45, 7) is 0.981. The fraction of sp³-hybridized carbons (Fsp3) is 0.231. The van der Waals surface area contributed by atoms with Crippen molar-refractivity contribution in [1.82, 2.24) is 5.06 Å². The average Bonchev–Trinajstić information content (AvgIpc) is 2.42. The number of amides is 1. The molecule has 6 nitrogen and oxygen atoms in total. The van der Waals surface area contributed by atoms with E-state index in [1.165, 1.54) is 11.3 Å². The van der Waals surface area contributed by atoms with E-state index in [-0.39, 0.29) is 0 Å². The standard InChI is InChI=1S/C13H14ClN3O3/c14-11-3-5-12(6-4-11)16-13(18)20-17-7-1-2-10(9-17)8-15-19/h2-6,8,19H,1,7,9H2,(H,16,18). The van der Waals surface area contributed by atoms with Gasteiger partial charge in [0.25, 0.3) is 0 Å². The topological polar surface area (TPSA) is 74.2 Å². The summed E-state index contributed by atoms with van der Waals surface area (Å²) in [4.78, 5) is 16.9. The second-order valence-corrected chi connectivity index (χ2v) is 4.62. The maximum atomic E-state index is 11.7. The van der Waals surface area contributed by atoms with Crippen LogP contribution in [0.3, 0.4) is 0 Å². The van der Waals surface area contributed by atoms with Crippen molar-refractivity contribution in [2.75, 3.05) is 18.4 Å². The summed E-state index contributed by atoms with van der Waals surface area (Å²) in [6.07, 6.45) is 3.40. The van der Waals surface area contributed by atoms with Gasteiger partial charge in [0.15, 0.2) is 0 Å². The Hall–Kier alpha value is -2.05. The van der Waals surface area contributed by atoms with Crippen LogP contribution in [-0.4, -0.2) is 35.7 Å². The average molecular weight is 296 g/mol. The first-order valence-electron chi connectivity index (χ1n) is 6.03. The van der Waals surface area contributed by atoms with Gasteiger partial charge in [-0.25, -0.2) is 4.79 Å². The summed E-state index contributed by atoms with van der Waals surface area (Å²) in [5, 5.41) is 16.1. The molecule has 2 rings (SSSR count). The molecule has 0 aliphatic carbocycles. The minimum atomic E-state index is -0.575. The lowest BCUT2D eigenvalue weighted by molar-refractivity contribution is -0.0872. The third-order valence-electron chi connectivity index (χ3n) is 2.67. The number of carbonyl (C=O) groups excluding carboxylic acids is 1. The summed E-state index contributed by atoms with van der Waals surface area (Å²) in [7, 11) is 0. The van der Waals surface area contributed by atoms with E-state index in [1.807, 2.05) is 6.08 Å². The number of nitrogens with one attached hydrogen (secondary N) is 1. The fourth-order valence-electron chi connectivity index (χ4n) is 1.78. The molecule has 1 heterocycles. The molecule has 1 aromatic rings. The van der Waals surface area contributed by atoms with E-state index >= 15 is 0 Å². The van der Waals surface area contributed by atoms with Gasteiger partial charge in [-0.2, -0.15) is 0 Å². The van der Waals surface area contributed by atoms with Gasteiger partial charge in [0.05, 0.1) is 12.8 Å². The van der Waals surface area contributed by atoms with Crippen LogP contribution in [0.5, 0.6) is 0 Å². The van der Waals surface area contributed by atoms with E-state index in [2.05, 4.69) is 10.5 Å². The van der Waals surface area contributed by atoms with Gasteiger partial charge in [-0.1, -0.05) is 22.8 Å². The Morgan fingerprint density at radius 1 is 1.45 bits per heavy atom. The van der Waals surface area contributed by atoms with E-state index in [1.54, 1.807) is 24.3 Å². The van der Waals surface area contributed by atoms with E-state index < -0.39 is 6.09 Å². The first-order valence-corrected chi connectivity index (χ1v) is 6.41. The first-order chi connectivity index (χ1) is 9.67. The monoisotopic (exact) mass is 295 g/mol. The third-order valence-corrected chi connectivity index (χ3v) is 2.92. The molecule has 0 saturated carbocycles. The van der Waals surface area contributed by atoms with Gasteiger partial charge in [0, 0.05) is 17.3 Å². The number of nitrogens with zero attached hydrogens (tertiary/aromatic N) is 2. The summed E-state index contributed by atoms with van der Waals surface area (Å²) >= 11 is 5.76. The van der Waals surface area contributed by atoms with Crippen molar-refractivity contribution in [1.29, 1.82) is 0 Å². The molecule has 0 bridgehead atoms. The zero-order valence-electron chi connectivity index (χ0n) is 10.6. The number of oxime groups is 1. The second kappa shape index (κ2) is 6.93. The smallest absolute Gasteiger partial charge is 0.411 e. The van der Waals surface area contributed by atoms with Crippen molar-refractivity contribution in [2.45, 2.75) is 6.42 Å². The maximum absolute atomic E-state index is 11.7. The SMILES string of the molecule is O=C(Nc1ccc(Cl)cc1)ON1CCC=C(C=NO)C1. The molecule has 0 aromatic heterocycles. The summed E-state index contributed by atoms with van der Waals surface area (Å²) in [6, 6.07) is 6.72. The molecular formula is C13H14ClN3O3. The Morgan fingerprint density at radius 3 is 2.90 bits per heavy atom. The number of benzene rings is 1. The van der Waals surface area contributed by atoms with Crippen molar-refractivity contribution in [3.05, 3.63) is 40.9 Å². The van der Waals surface area contributed by atoms with Gasteiger partial charge in [-0.05, 0) is 36.3 Å². The van der Waals surface area contributed by atoms with Crippen molar-refractivity contribution < 1.29 is 14.8 Å². The Kier molecular flexibility index (Phi) is 4.97. The van der Waals surface area contributed by atoms with E-state index in [0.29, 0.717) is 23.8 Å². The van der Waals surface area contributed by atoms with Crippen LogP contribution >= 0.6 is 11.6 Å². The highest BCUT2D eigenvalue weighted by Crippen LogP contribution is 2.14. The van der Waals surface area contributed by atoms with Crippen molar-refractivity contribution in [3.8, 4) is 0 Å². The van der Waals surface area contributed by atoms with Crippen molar-refractivity contribution in [3.63, 3.8) is 0 Å². The predicted octanol–water partition coefficient (Wildman–Crippen LogP) is 2.90. The van der Waals surface area contributed by atoms with Gasteiger partial charge in [0.1, 0.15) is 0 Å². The van der Waals surface area contributed by atoms with Crippen LogP contribution in [0.1, 0.15) is 6.42 Å². The summed E-state index contributed by atoms with van der Waals surface area (Å²) < 4.78 is 0. The molecule has 0 unspecified atom stereocenters. The van der Waals surface area contributed by atoms with Crippen LogP contribution in [0.15, 0.2) is 41.1 Å². The minimum absolute atomic E-state index is 0.387. The molecular weight excluding hydrogens is 282 g/mol. The van der Waals surface area contributed by atoms with Gasteiger partial charge in [-0.3, -0.25) is 5.32 Å². The highest BCUT2D eigenvalue weighted by atomic mass is 35.5. The molecule has 0 radical (unpaired) electrons. The van der Waals surface area contributed by atoms with E-state index in [9.17, 15) is 4.79 Å². The fourth-order valence-corrected chi connectivity index (χ4v) is 1.90. The van der Waals surface area contributed by atoms with E-state index in [0.717, 1.165) is 12.0 Å². The van der Waals surface area contributed by atoms with Crippen molar-refractivity contribution in [2.24, 2.45) is 5.16 Å². The molecule has 2 N–H and O–H groups in total. The lowest BCUT2D eigenvalue weighted by atomic mass is 10.2. The number of hydrogen-bond acceptors (Lipinski definition) is 5. The van der Waals surface area contributed by atoms with Gasteiger partial charge < -0.3 is 10.0 Å². The largest absolute Gasteiger partial charge is 0.430 e. The zero-order valence-corrected chi connectivity index (χ0v) is 11.4. The molecule has 0 fully saturated rings. The number of hydroxylamine groups is 2. The molecule has 0 atom stereocenters. The molecule has 106 valence electrons. The first kappa shape index (κ1) is 14.4. The van der Waals surface area contributed by atoms with Crippen LogP contribution in [0.25, 0.3) is 0 Å². The molecule has 0 spiro atoms. The Bertz CT molecular complexity index is 528. The molecule has 1 aromatic carbocycles. The van der Waals surface area contributed by atoms with Gasteiger partial charge >= 0.3 is 6.09 Å². The van der Waals surface area contributed by atoms with Gasteiger partial charge in [-0.15, -0.1) is 5.06 Å². The summed E-state index contributed by atoms with van der Waals surface area (Å²) in [5.74, 6) is 0. The highest BCUT2D eigenvalue weighted by Gasteiger charge is 2.16. The minimum Gasteiger partial charge on any atom is -0.411 e. The zero-order chi connectivity index (χ0) is 14.4. The number of hydrogen-bond donors (Lipinski definition) is 2. The number of carbonyl (C=O) groups is 1. The van der Waals surface area contributed by atoms with Gasteiger partial charge in [0.2, 0.25) is 0 Å². The highest BCUT2D eigenvalue weighted by molar-refractivity contribution is 6.30. The Balaban J connectivity index is 1.86. The molecule has 20 heavy (non-hydrogen) atoms. The molecule has 1 amide bonds. The quantitative estimate of drug-likeness (QED) is 0.511. The Labute approximate surface area is 121 Å². The van der Waals surface area contributed by atoms with Crippen LogP contribution in [0, 0.1) is 0 Å². The third kappa shape index (κ3) is 4.25. The number of rotatable bonds is 3. The second-order valence-electron chi connectivity index (χ2n) is 4.19. The molecule has 0 saturated heterocycles. The number of anilines is 1. The van der Waals surface area contributed by atoms with Crippen LogP contribution < -0.4 is 5.32 Å². The van der Waals surface area contributed by atoms with Crippen LogP contribution in [0.2, 0.25) is 5.02 Å². The lowest BCUT2D eigenvalue weighted by Crippen LogP contribution is -2.34. The van der Waals surface area contributed by atoms with Crippen LogP contribution in [0.4, 0.5) is 10.5 Å². The summed E-state index contributed by atoms with van der Waals surface area (Å²) in [5.41, 5.74) is 1.39. The van der Waals surface area contributed by atoms with Crippen molar-refractivity contribution >= 4 is 29.6 Å². The predicted molar refractivity (Wildman–Crippen MR) is 76.1 cm³/mol. The molecule has 1 aliphatic heterocycles.